The fraction of sp³-hybridized carbons (Fsp3) is 0.167. The van der Waals surface area contributed by atoms with Crippen molar-refractivity contribution < 1.29 is 4.74 Å². The number of benzene rings is 1. The molecular weight excluding hydrogens is 238 g/mol. The summed E-state index contributed by atoms with van der Waals surface area (Å²) in [6, 6.07) is 8.98. The largest absolute Gasteiger partial charge is 0.436 e. The fourth-order valence-corrected chi connectivity index (χ4v) is 1.55. The van der Waals surface area contributed by atoms with E-state index in [1.165, 1.54) is 0 Å². The molecule has 5 heteroatoms. The topological polar surface area (TPSA) is 61.0 Å². The second kappa shape index (κ2) is 5.12. The molecule has 4 nitrogen and oxygen atoms in total. The molecule has 0 aliphatic rings. The van der Waals surface area contributed by atoms with E-state index in [0.717, 1.165) is 11.3 Å². The van der Waals surface area contributed by atoms with Gasteiger partial charge < -0.3 is 10.5 Å². The van der Waals surface area contributed by atoms with E-state index in [-0.39, 0.29) is 0 Å². The van der Waals surface area contributed by atoms with Crippen molar-refractivity contribution in [2.24, 2.45) is 5.73 Å². The summed E-state index contributed by atoms with van der Waals surface area (Å²) < 4.78 is 5.52. The van der Waals surface area contributed by atoms with E-state index >= 15 is 0 Å². The van der Waals surface area contributed by atoms with E-state index in [9.17, 15) is 0 Å². The molecule has 0 unspecified atom stereocenters. The number of nitrogens with two attached hydrogens (primary N) is 1. The fourth-order valence-electron chi connectivity index (χ4n) is 1.31. The van der Waals surface area contributed by atoms with E-state index in [1.807, 2.05) is 19.1 Å². The maximum absolute atomic E-state index is 6.06. The minimum atomic E-state index is 0.415. The normalized spacial score (nSPS) is 10.3. The Hall–Kier alpha value is -1.65. The molecule has 0 bridgehead atoms. The zero-order valence-corrected chi connectivity index (χ0v) is 10.1. The molecule has 1 aromatic heterocycles. The van der Waals surface area contributed by atoms with Crippen LogP contribution in [0.1, 0.15) is 11.3 Å². The van der Waals surface area contributed by atoms with Gasteiger partial charge in [-0.25, -0.2) is 0 Å². The van der Waals surface area contributed by atoms with Crippen molar-refractivity contribution in [3.63, 3.8) is 0 Å². The van der Waals surface area contributed by atoms with Gasteiger partial charge in [0, 0.05) is 12.6 Å². The number of ether oxygens (including phenoxy) is 1. The van der Waals surface area contributed by atoms with Crippen molar-refractivity contribution in [3.8, 4) is 11.6 Å². The molecule has 1 heterocycles. The first kappa shape index (κ1) is 11.8. The van der Waals surface area contributed by atoms with Crippen molar-refractivity contribution in [2.75, 3.05) is 0 Å². The third-order valence-corrected chi connectivity index (χ3v) is 2.52. The third-order valence-electron chi connectivity index (χ3n) is 2.22. The Morgan fingerprint density at radius 2 is 2.06 bits per heavy atom. The number of hydrogen-bond acceptors (Lipinski definition) is 4. The number of nitrogens with zero attached hydrogens (tertiary/aromatic N) is 2. The van der Waals surface area contributed by atoms with Gasteiger partial charge in [0.25, 0.3) is 0 Å². The molecule has 0 saturated carbocycles. The number of aromatic nitrogens is 2. The minimum absolute atomic E-state index is 0.415. The Morgan fingerprint density at radius 1 is 1.24 bits per heavy atom. The van der Waals surface area contributed by atoms with Crippen molar-refractivity contribution in [1.29, 1.82) is 0 Å². The predicted octanol–water partition coefficient (Wildman–Crippen LogP) is 2.69. The summed E-state index contributed by atoms with van der Waals surface area (Å²) in [6.45, 7) is 2.31. The zero-order valence-electron chi connectivity index (χ0n) is 9.35. The summed E-state index contributed by atoms with van der Waals surface area (Å²) in [5.74, 6) is 0.958. The van der Waals surface area contributed by atoms with Crippen molar-refractivity contribution in [3.05, 3.63) is 46.6 Å². The van der Waals surface area contributed by atoms with Gasteiger partial charge in [-0.2, -0.15) is 5.10 Å². The number of halogens is 1. The van der Waals surface area contributed by atoms with E-state index < -0.39 is 0 Å². The molecule has 0 saturated heterocycles. The molecule has 0 radical (unpaired) electrons. The molecular formula is C12H12ClN3O. The standard InChI is InChI=1S/C12H12ClN3O/c1-8-2-5-12(16-15-8)17-11-4-3-9(7-14)6-10(11)13/h2-6H,7,14H2,1H3. The second-order valence-electron chi connectivity index (χ2n) is 3.58. The Balaban J connectivity index is 2.21. The van der Waals surface area contributed by atoms with Crippen LogP contribution in [0.2, 0.25) is 5.02 Å². The van der Waals surface area contributed by atoms with Crippen LogP contribution in [-0.4, -0.2) is 10.2 Å². The van der Waals surface area contributed by atoms with Crippen LogP contribution in [0.25, 0.3) is 0 Å². The summed E-state index contributed by atoms with van der Waals surface area (Å²) in [7, 11) is 0. The molecule has 2 rings (SSSR count). The quantitative estimate of drug-likeness (QED) is 0.909. The molecule has 2 N–H and O–H groups in total. The Morgan fingerprint density at radius 3 is 2.65 bits per heavy atom. The van der Waals surface area contributed by atoms with Crippen LogP contribution in [0, 0.1) is 6.92 Å². The van der Waals surface area contributed by atoms with Crippen LogP contribution >= 0.6 is 11.6 Å². The van der Waals surface area contributed by atoms with Gasteiger partial charge in [-0.05, 0) is 30.7 Å². The highest BCUT2D eigenvalue weighted by Crippen LogP contribution is 2.28. The molecule has 0 spiro atoms. The monoisotopic (exact) mass is 249 g/mol. The molecule has 0 fully saturated rings. The summed E-state index contributed by atoms with van der Waals surface area (Å²) in [5.41, 5.74) is 7.31. The van der Waals surface area contributed by atoms with Gasteiger partial charge in [0.15, 0.2) is 0 Å². The van der Waals surface area contributed by atoms with Crippen LogP contribution in [0.15, 0.2) is 30.3 Å². The van der Waals surface area contributed by atoms with E-state index in [1.54, 1.807) is 18.2 Å². The van der Waals surface area contributed by atoms with Crippen LogP contribution in [0.3, 0.4) is 0 Å². The lowest BCUT2D eigenvalue weighted by atomic mass is 10.2. The van der Waals surface area contributed by atoms with E-state index in [0.29, 0.717) is 23.2 Å². The van der Waals surface area contributed by atoms with Crippen molar-refractivity contribution >= 4 is 11.6 Å². The smallest absolute Gasteiger partial charge is 0.238 e. The molecule has 88 valence electrons. The molecule has 0 aliphatic heterocycles. The Labute approximate surface area is 104 Å². The average molecular weight is 250 g/mol. The van der Waals surface area contributed by atoms with E-state index in [2.05, 4.69) is 10.2 Å². The van der Waals surface area contributed by atoms with Gasteiger partial charge in [0.05, 0.1) is 10.7 Å². The summed E-state index contributed by atoms with van der Waals surface area (Å²) in [5, 5.41) is 8.31. The van der Waals surface area contributed by atoms with Gasteiger partial charge in [0.2, 0.25) is 5.88 Å². The van der Waals surface area contributed by atoms with Crippen LogP contribution in [-0.2, 0) is 6.54 Å². The highest BCUT2D eigenvalue weighted by atomic mass is 35.5. The lowest BCUT2D eigenvalue weighted by Gasteiger charge is -2.07. The maximum atomic E-state index is 6.06. The van der Waals surface area contributed by atoms with Gasteiger partial charge in [-0.1, -0.05) is 17.7 Å². The first-order valence-electron chi connectivity index (χ1n) is 5.15. The Kier molecular flexibility index (Phi) is 3.56. The van der Waals surface area contributed by atoms with Crippen LogP contribution < -0.4 is 10.5 Å². The van der Waals surface area contributed by atoms with Crippen LogP contribution in [0.5, 0.6) is 11.6 Å². The van der Waals surface area contributed by atoms with Gasteiger partial charge in [-0.15, -0.1) is 5.10 Å². The van der Waals surface area contributed by atoms with Gasteiger partial charge in [-0.3, -0.25) is 0 Å². The number of hydrogen-bond donors (Lipinski definition) is 1. The molecule has 0 amide bonds. The highest BCUT2D eigenvalue weighted by Gasteiger charge is 2.05. The molecule has 0 aliphatic carbocycles. The summed E-state index contributed by atoms with van der Waals surface area (Å²) in [4.78, 5) is 0. The molecule has 2 aromatic rings. The van der Waals surface area contributed by atoms with Crippen LogP contribution in [0.4, 0.5) is 0 Å². The van der Waals surface area contributed by atoms with Gasteiger partial charge in [0.1, 0.15) is 5.75 Å². The number of aryl methyl sites for hydroxylation is 1. The predicted molar refractivity (Wildman–Crippen MR) is 66.2 cm³/mol. The van der Waals surface area contributed by atoms with Gasteiger partial charge >= 0.3 is 0 Å². The first-order chi connectivity index (χ1) is 8.19. The highest BCUT2D eigenvalue weighted by molar-refractivity contribution is 6.32. The average Bonchev–Trinajstić information content (AvgIpc) is 2.34. The summed E-state index contributed by atoms with van der Waals surface area (Å²) in [6.07, 6.45) is 0. The molecule has 1 aromatic carbocycles. The second-order valence-corrected chi connectivity index (χ2v) is 3.99. The SMILES string of the molecule is Cc1ccc(Oc2ccc(CN)cc2Cl)nn1. The maximum Gasteiger partial charge on any atom is 0.238 e. The lowest BCUT2D eigenvalue weighted by Crippen LogP contribution is -1.97. The van der Waals surface area contributed by atoms with E-state index in [4.69, 9.17) is 22.1 Å². The lowest BCUT2D eigenvalue weighted by molar-refractivity contribution is 0.454. The Bertz CT molecular complexity index is 514. The third kappa shape index (κ3) is 2.93. The number of rotatable bonds is 3. The minimum Gasteiger partial charge on any atom is -0.436 e. The first-order valence-corrected chi connectivity index (χ1v) is 5.53. The summed E-state index contributed by atoms with van der Waals surface area (Å²) >= 11 is 6.06. The van der Waals surface area contributed by atoms with Crippen molar-refractivity contribution in [1.82, 2.24) is 10.2 Å². The molecule has 17 heavy (non-hydrogen) atoms. The molecule has 0 atom stereocenters. The zero-order chi connectivity index (χ0) is 12.3. The van der Waals surface area contributed by atoms with Crippen molar-refractivity contribution in [2.45, 2.75) is 13.5 Å².